The average molecular weight is 1080 g/mol. The van der Waals surface area contributed by atoms with Gasteiger partial charge in [0.2, 0.25) is 47.3 Å². The molecular formula is C51H72N18O9. The van der Waals surface area contributed by atoms with Gasteiger partial charge >= 0.3 is 0 Å². The second-order valence-electron chi connectivity index (χ2n) is 18.3. The fourth-order valence-electron chi connectivity index (χ4n) is 8.12. The predicted octanol–water partition coefficient (Wildman–Crippen LogP) is -2.57. The number of anilines is 1. The lowest BCUT2D eigenvalue weighted by Gasteiger charge is -2.28. The van der Waals surface area contributed by atoms with Gasteiger partial charge in [-0.25, -0.2) is 0 Å². The van der Waals surface area contributed by atoms with Crippen molar-refractivity contribution in [2.75, 3.05) is 25.0 Å². The molecule has 0 unspecified atom stereocenters. The number of aromatic amines is 1. The number of nitrogens with one attached hydrogen (secondary N) is 8. The van der Waals surface area contributed by atoms with Crippen LogP contribution in [-0.4, -0.2) is 131 Å². The first-order chi connectivity index (χ1) is 37.1. The first-order valence-electron chi connectivity index (χ1n) is 25.0. The van der Waals surface area contributed by atoms with Crippen LogP contribution in [0.3, 0.4) is 0 Å². The number of primary amides is 1. The van der Waals surface area contributed by atoms with Gasteiger partial charge in [0.15, 0.2) is 17.9 Å². The molecule has 0 bridgehead atoms. The monoisotopic (exact) mass is 1080 g/mol. The van der Waals surface area contributed by atoms with E-state index >= 15 is 0 Å². The number of amides is 8. The molecule has 0 aliphatic carbocycles. The van der Waals surface area contributed by atoms with Crippen molar-refractivity contribution in [3.05, 3.63) is 95.7 Å². The summed E-state index contributed by atoms with van der Waals surface area (Å²) in [6, 6.07) is 11.5. The molecule has 0 spiro atoms. The molecule has 78 heavy (non-hydrogen) atoms. The summed E-state index contributed by atoms with van der Waals surface area (Å²) in [5.41, 5.74) is 41.5. The number of carbonyl (C=O) groups is 8. The Morgan fingerprint density at radius 1 is 0.487 bits per heavy atom. The maximum Gasteiger partial charge on any atom is 0.243 e. The first kappa shape index (κ1) is 61.1. The Kier molecular flexibility index (Phi) is 24.1. The van der Waals surface area contributed by atoms with Gasteiger partial charge in [-0.05, 0) is 85.5 Å². The zero-order chi connectivity index (χ0) is 57.3. The Morgan fingerprint density at radius 3 is 1.33 bits per heavy atom. The van der Waals surface area contributed by atoms with Crippen LogP contribution in [0.2, 0.25) is 0 Å². The van der Waals surface area contributed by atoms with Crippen LogP contribution in [0.1, 0.15) is 69.1 Å². The van der Waals surface area contributed by atoms with Gasteiger partial charge in [-0.3, -0.25) is 53.3 Å². The number of H-pyrrole nitrogens is 1. The van der Waals surface area contributed by atoms with Gasteiger partial charge in [-0.15, -0.1) is 0 Å². The predicted molar refractivity (Wildman–Crippen MR) is 294 cm³/mol. The van der Waals surface area contributed by atoms with Crippen molar-refractivity contribution in [3.8, 4) is 5.75 Å². The third kappa shape index (κ3) is 21.4. The van der Waals surface area contributed by atoms with E-state index in [9.17, 15) is 43.5 Å². The van der Waals surface area contributed by atoms with Crippen LogP contribution < -0.4 is 77.4 Å². The maximum atomic E-state index is 14.8. The second-order valence-corrected chi connectivity index (χ2v) is 18.3. The van der Waals surface area contributed by atoms with E-state index in [0.717, 1.165) is 10.9 Å². The van der Waals surface area contributed by atoms with Gasteiger partial charge in [0.25, 0.3) is 0 Å². The third-order valence-corrected chi connectivity index (χ3v) is 11.9. The Hall–Kier alpha value is -9.43. The minimum absolute atomic E-state index is 0.0224. The number of aromatic nitrogens is 1. The summed E-state index contributed by atoms with van der Waals surface area (Å²) in [5, 5.41) is 29.6. The molecule has 3 aromatic carbocycles. The van der Waals surface area contributed by atoms with Gasteiger partial charge in [0.05, 0.1) is 0 Å². The van der Waals surface area contributed by atoms with Crippen molar-refractivity contribution in [1.29, 1.82) is 0 Å². The summed E-state index contributed by atoms with van der Waals surface area (Å²) >= 11 is 0. The number of hydrogen-bond donors (Lipinski definition) is 16. The highest BCUT2D eigenvalue weighted by Crippen LogP contribution is 2.20. The average Bonchev–Trinajstić information content (AvgIpc) is 3.80. The van der Waals surface area contributed by atoms with Gasteiger partial charge in [-0.1, -0.05) is 42.5 Å². The molecule has 1 aromatic heterocycles. The topological polar surface area (TPSA) is 476 Å². The molecule has 0 fully saturated rings. The molecule has 27 nitrogen and oxygen atoms in total. The van der Waals surface area contributed by atoms with Gasteiger partial charge in [0.1, 0.15) is 42.0 Å². The van der Waals surface area contributed by atoms with Crippen LogP contribution >= 0.6 is 0 Å². The number of phenols is 1. The number of rotatable bonds is 31. The van der Waals surface area contributed by atoms with Crippen LogP contribution in [0.4, 0.5) is 5.69 Å². The number of benzene rings is 3. The summed E-state index contributed by atoms with van der Waals surface area (Å²) < 4.78 is 0. The second kappa shape index (κ2) is 30.8. The van der Waals surface area contributed by atoms with Gasteiger partial charge < -0.3 is 87.4 Å². The molecule has 8 amide bonds. The van der Waals surface area contributed by atoms with E-state index in [-0.39, 0.29) is 107 Å². The van der Waals surface area contributed by atoms with Crippen molar-refractivity contribution in [1.82, 2.24) is 36.9 Å². The minimum atomic E-state index is -1.48. The Bertz CT molecular complexity index is 2790. The lowest BCUT2D eigenvalue weighted by Crippen LogP contribution is -2.60. The maximum absolute atomic E-state index is 14.8. The SMILES string of the molecule is CC(=O)Nc1ccc(C[C@H](NC(=O)[C@H](Cc2ccc(O)cc2)NC(=O)[C@H](CCCN=C(N)N)NC(C)=O)C(=O)N[C@@H](CCCN=C(N)N)C(=O)N[C@@H](Cc2c[nH]c3ccccc23)C(=O)N[C@@H](CCCN=C(N)N)C(N)=O)cc1. The lowest BCUT2D eigenvalue weighted by molar-refractivity contribution is -0.135. The molecular weight excluding hydrogens is 1010 g/mol. The highest BCUT2D eigenvalue weighted by Gasteiger charge is 2.34. The van der Waals surface area contributed by atoms with E-state index < -0.39 is 77.6 Å². The number of aliphatic imine (C=N–C) groups is 3. The van der Waals surface area contributed by atoms with Crippen molar-refractivity contribution < 1.29 is 43.5 Å². The van der Waals surface area contributed by atoms with Crippen molar-refractivity contribution in [3.63, 3.8) is 0 Å². The highest BCUT2D eigenvalue weighted by molar-refractivity contribution is 5.98. The molecule has 1 heterocycles. The molecule has 0 aliphatic heterocycles. The Labute approximate surface area is 450 Å². The third-order valence-electron chi connectivity index (χ3n) is 11.9. The van der Waals surface area contributed by atoms with Gasteiger partial charge in [-0.2, -0.15) is 0 Å². The van der Waals surface area contributed by atoms with Crippen LogP contribution in [0, 0.1) is 0 Å². The summed E-state index contributed by atoms with van der Waals surface area (Å²) in [7, 11) is 0. The van der Waals surface area contributed by atoms with Crippen molar-refractivity contribution in [2.24, 2.45) is 55.1 Å². The van der Waals surface area contributed by atoms with E-state index in [1.807, 2.05) is 18.2 Å². The largest absolute Gasteiger partial charge is 0.508 e. The van der Waals surface area contributed by atoms with Gasteiger partial charge in [0, 0.05) is 75.5 Å². The molecule has 0 saturated heterocycles. The van der Waals surface area contributed by atoms with Crippen LogP contribution in [0.25, 0.3) is 10.9 Å². The quantitative estimate of drug-likeness (QED) is 0.0140. The van der Waals surface area contributed by atoms with E-state index in [1.165, 1.54) is 38.1 Å². The summed E-state index contributed by atoms with van der Waals surface area (Å²) in [6.45, 7) is 2.85. The molecule has 4 rings (SSSR count). The highest BCUT2D eigenvalue weighted by atomic mass is 16.3. The number of carbonyl (C=O) groups excluding carboxylic acids is 8. The Morgan fingerprint density at radius 2 is 0.885 bits per heavy atom. The number of nitrogens with zero attached hydrogens (tertiary/aromatic N) is 3. The number of para-hydroxylation sites is 1. The zero-order valence-corrected chi connectivity index (χ0v) is 43.6. The first-order valence-corrected chi connectivity index (χ1v) is 25.0. The fourth-order valence-corrected chi connectivity index (χ4v) is 8.12. The number of phenolic OH excluding ortho intramolecular Hbond substituents is 1. The van der Waals surface area contributed by atoms with E-state index in [4.69, 9.17) is 40.1 Å². The van der Waals surface area contributed by atoms with Crippen LogP contribution in [0.15, 0.2) is 94.0 Å². The van der Waals surface area contributed by atoms with E-state index in [0.29, 0.717) is 22.4 Å². The van der Waals surface area contributed by atoms with Crippen LogP contribution in [-0.2, 0) is 57.6 Å². The fraction of sp³-hybridized carbons (Fsp3) is 0.392. The molecule has 0 aliphatic rings. The number of fused-ring (bicyclic) bond motifs is 1. The van der Waals surface area contributed by atoms with E-state index in [1.54, 1.807) is 36.5 Å². The molecule has 23 N–H and O–H groups in total. The number of nitrogens with two attached hydrogens (primary N) is 7. The normalized spacial score (nSPS) is 13.1. The van der Waals surface area contributed by atoms with Crippen LogP contribution in [0.5, 0.6) is 5.75 Å². The molecule has 0 saturated carbocycles. The standard InChI is InChI=1S/C51H72N18O9/c1-28(70)63-33-17-13-30(14-18-33)24-40(68-47(77)41(25-31-15-19-34(72)20-16-31)67-44(74)38(64-29(2)71)11-6-22-60-50(55)56)46(76)66-39(12-7-23-61-51(57)58)45(75)69-42(26-32-27-62-36-9-4-3-8-35(32)36)48(78)65-37(43(52)73)10-5-21-59-49(53)54/h3-4,8-9,13-20,27,37-42,62,72H,5-7,10-12,21-26H2,1-2H3,(H2,52,73)(H,63,70)(H,64,71)(H,65,78)(H,66,76)(H,67,74)(H,68,77)(H,69,75)(H4,53,54,59)(H4,55,56,60)(H4,57,58,61)/t37-,38-,39-,40-,41-,42-/m0/s1. The minimum Gasteiger partial charge on any atom is -0.508 e. The molecule has 4 aromatic rings. The number of hydrogen-bond acceptors (Lipinski definition) is 12. The van der Waals surface area contributed by atoms with E-state index in [2.05, 4.69) is 57.2 Å². The number of aromatic hydroxyl groups is 1. The summed E-state index contributed by atoms with van der Waals surface area (Å²) in [6.07, 6.45) is 1.86. The summed E-state index contributed by atoms with van der Waals surface area (Å²) in [5.74, 6) is -6.47. The van der Waals surface area contributed by atoms with Crippen molar-refractivity contribution >= 4 is 81.7 Å². The Balaban J connectivity index is 1.74. The smallest absolute Gasteiger partial charge is 0.243 e. The molecule has 27 heteroatoms. The molecule has 420 valence electrons. The number of guanidine groups is 3. The molecule has 6 atom stereocenters. The lowest BCUT2D eigenvalue weighted by atomic mass is 10.0. The molecule has 0 radical (unpaired) electrons. The van der Waals surface area contributed by atoms with Crippen molar-refractivity contribution in [2.45, 2.75) is 108 Å². The summed E-state index contributed by atoms with van der Waals surface area (Å²) in [4.78, 5) is 124. The zero-order valence-electron chi connectivity index (χ0n) is 43.6.